The third kappa shape index (κ3) is 8.58. The van der Waals surface area contributed by atoms with Gasteiger partial charge in [0.15, 0.2) is 5.78 Å². The van der Waals surface area contributed by atoms with E-state index >= 15 is 0 Å². The van der Waals surface area contributed by atoms with E-state index in [-0.39, 0.29) is 19.0 Å². The summed E-state index contributed by atoms with van der Waals surface area (Å²) in [6, 6.07) is 0. The topological polar surface area (TPSA) is 52.6 Å². The van der Waals surface area contributed by atoms with Crippen LogP contribution >= 0.6 is 0 Å². The Balaban J connectivity index is 4.70. The van der Waals surface area contributed by atoms with Gasteiger partial charge in [0, 0.05) is 5.57 Å². The summed E-state index contributed by atoms with van der Waals surface area (Å²) < 4.78 is 10.8. The number of ether oxygens (including phenoxy) is 2. The Morgan fingerprint density at radius 2 is 1.77 bits per heavy atom. The number of ketones is 1. The van der Waals surface area contributed by atoms with Gasteiger partial charge in [-0.15, -0.1) is 0 Å². The lowest BCUT2D eigenvalue weighted by atomic mass is 9.96. The van der Waals surface area contributed by atoms with E-state index in [2.05, 4.69) is 13.2 Å². The van der Waals surface area contributed by atoms with E-state index in [9.17, 15) is 9.59 Å². The number of hydrogen-bond acceptors (Lipinski definition) is 4. The van der Waals surface area contributed by atoms with Gasteiger partial charge in [-0.2, -0.15) is 0 Å². The van der Waals surface area contributed by atoms with E-state index in [4.69, 9.17) is 9.47 Å². The number of esters is 1. The maximum absolute atomic E-state index is 12.5. The van der Waals surface area contributed by atoms with Crippen molar-refractivity contribution in [2.45, 2.75) is 39.7 Å². The maximum Gasteiger partial charge on any atom is 0.337 e. The second kappa shape index (κ2) is 12.8. The minimum Gasteiger partial charge on any atom is -0.460 e. The molecular formula is C22H30O4. The van der Waals surface area contributed by atoms with Gasteiger partial charge in [0.2, 0.25) is 0 Å². The summed E-state index contributed by atoms with van der Waals surface area (Å²) >= 11 is 0. The molecule has 0 saturated heterocycles. The standard InChI is InChI=1S/C22H30O4/c1-7-11-14-18(10-4)20(23)22(5,6)26-17-16-25-21(24)19(13-9-3)15-12-8-2/h7-8,10-15H,2,4,9,16-17H2,1,3,5-6H3/b11-7-,15-12-,18-14+,19-13+. The Morgan fingerprint density at radius 3 is 2.31 bits per heavy atom. The molecule has 0 spiro atoms. The van der Waals surface area contributed by atoms with Crippen LogP contribution in [0.2, 0.25) is 0 Å². The fraction of sp³-hybridized carbons (Fsp3) is 0.364. The molecule has 0 unspecified atom stereocenters. The lowest BCUT2D eigenvalue weighted by molar-refractivity contribution is -0.145. The predicted octanol–water partition coefficient (Wildman–Crippen LogP) is 4.66. The highest BCUT2D eigenvalue weighted by atomic mass is 16.6. The summed E-state index contributed by atoms with van der Waals surface area (Å²) in [4.78, 5) is 24.5. The molecule has 0 aliphatic heterocycles. The SMILES string of the molecule is C=C/C=C\C(=C/CC)C(=O)OCCOC(C)(C)C(=O)/C(C=C)=C/C=C\C. The van der Waals surface area contributed by atoms with Crippen LogP contribution in [0, 0.1) is 0 Å². The van der Waals surface area contributed by atoms with Crippen molar-refractivity contribution in [1.29, 1.82) is 0 Å². The van der Waals surface area contributed by atoms with Gasteiger partial charge in [-0.05, 0) is 33.3 Å². The Kier molecular flexibility index (Phi) is 11.6. The first-order valence-corrected chi connectivity index (χ1v) is 8.64. The van der Waals surface area contributed by atoms with Crippen LogP contribution in [-0.4, -0.2) is 30.6 Å². The monoisotopic (exact) mass is 358 g/mol. The molecule has 4 heteroatoms. The van der Waals surface area contributed by atoms with E-state index in [0.717, 1.165) is 0 Å². The van der Waals surface area contributed by atoms with Crippen molar-refractivity contribution in [2.24, 2.45) is 0 Å². The fourth-order valence-electron chi connectivity index (χ4n) is 1.98. The van der Waals surface area contributed by atoms with Gasteiger partial charge in [-0.25, -0.2) is 4.79 Å². The van der Waals surface area contributed by atoms with Crippen LogP contribution in [-0.2, 0) is 19.1 Å². The molecule has 0 rings (SSSR count). The highest BCUT2D eigenvalue weighted by Gasteiger charge is 2.29. The minimum atomic E-state index is -1.04. The summed E-state index contributed by atoms with van der Waals surface area (Å²) in [6.07, 6.45) is 14.2. The summed E-state index contributed by atoms with van der Waals surface area (Å²) in [5.74, 6) is -0.616. The van der Waals surface area contributed by atoms with E-state index in [1.165, 1.54) is 6.08 Å². The highest BCUT2D eigenvalue weighted by molar-refractivity contribution is 6.03. The molecule has 0 bridgehead atoms. The second-order valence-corrected chi connectivity index (χ2v) is 5.84. The summed E-state index contributed by atoms with van der Waals surface area (Å²) in [6.45, 7) is 14.6. The third-order valence-electron chi connectivity index (χ3n) is 3.35. The molecule has 0 aromatic carbocycles. The van der Waals surface area contributed by atoms with E-state index < -0.39 is 11.6 Å². The lowest BCUT2D eigenvalue weighted by Gasteiger charge is -2.24. The third-order valence-corrected chi connectivity index (χ3v) is 3.35. The van der Waals surface area contributed by atoms with Crippen LogP contribution in [0.4, 0.5) is 0 Å². The molecule has 142 valence electrons. The lowest BCUT2D eigenvalue weighted by Crippen LogP contribution is -2.37. The Bertz CT molecular complexity index is 616. The molecule has 0 amide bonds. The largest absolute Gasteiger partial charge is 0.460 e. The first-order valence-electron chi connectivity index (χ1n) is 8.64. The van der Waals surface area contributed by atoms with Crippen LogP contribution in [0.1, 0.15) is 34.1 Å². The quantitative estimate of drug-likeness (QED) is 0.220. The number of carbonyl (C=O) groups is 2. The molecule has 0 aliphatic carbocycles. The zero-order valence-electron chi connectivity index (χ0n) is 16.3. The van der Waals surface area contributed by atoms with Crippen molar-refractivity contribution in [2.75, 3.05) is 13.2 Å². The van der Waals surface area contributed by atoms with E-state index in [0.29, 0.717) is 17.6 Å². The van der Waals surface area contributed by atoms with Crippen molar-refractivity contribution in [3.63, 3.8) is 0 Å². The van der Waals surface area contributed by atoms with Gasteiger partial charge in [-0.3, -0.25) is 4.79 Å². The van der Waals surface area contributed by atoms with Gasteiger partial charge >= 0.3 is 5.97 Å². The van der Waals surface area contributed by atoms with Crippen molar-refractivity contribution in [1.82, 2.24) is 0 Å². The Hall–Kier alpha value is -2.46. The predicted molar refractivity (Wildman–Crippen MR) is 107 cm³/mol. The zero-order chi connectivity index (χ0) is 20.0. The van der Waals surface area contributed by atoms with Crippen LogP contribution in [0.5, 0.6) is 0 Å². The van der Waals surface area contributed by atoms with Crippen LogP contribution in [0.3, 0.4) is 0 Å². The number of Topliss-reactive ketones (excluding diaryl/α,β-unsaturated/α-hetero) is 1. The molecule has 0 heterocycles. The zero-order valence-corrected chi connectivity index (χ0v) is 16.3. The molecule has 0 aliphatic rings. The maximum atomic E-state index is 12.5. The van der Waals surface area contributed by atoms with Crippen molar-refractivity contribution in [3.8, 4) is 0 Å². The first kappa shape index (κ1) is 23.5. The molecule has 0 N–H and O–H groups in total. The van der Waals surface area contributed by atoms with Crippen molar-refractivity contribution < 1.29 is 19.1 Å². The van der Waals surface area contributed by atoms with Gasteiger partial charge in [0.05, 0.1) is 12.2 Å². The molecule has 0 aromatic rings. The normalized spacial score (nSPS) is 13.2. The number of carbonyl (C=O) groups excluding carboxylic acids is 2. The van der Waals surface area contributed by atoms with Crippen LogP contribution < -0.4 is 0 Å². The second-order valence-electron chi connectivity index (χ2n) is 5.84. The van der Waals surface area contributed by atoms with Crippen LogP contribution in [0.15, 0.2) is 72.9 Å². The highest BCUT2D eigenvalue weighted by Crippen LogP contribution is 2.17. The van der Waals surface area contributed by atoms with Gasteiger partial charge < -0.3 is 9.47 Å². The number of rotatable bonds is 12. The smallest absolute Gasteiger partial charge is 0.337 e. The fourth-order valence-corrected chi connectivity index (χ4v) is 1.98. The molecule has 0 radical (unpaired) electrons. The molecular weight excluding hydrogens is 328 g/mol. The molecule has 0 atom stereocenters. The van der Waals surface area contributed by atoms with Gasteiger partial charge in [-0.1, -0.05) is 62.6 Å². The molecule has 0 fully saturated rings. The van der Waals surface area contributed by atoms with Crippen molar-refractivity contribution >= 4 is 11.8 Å². The summed E-state index contributed by atoms with van der Waals surface area (Å²) in [5.41, 5.74) is -0.113. The summed E-state index contributed by atoms with van der Waals surface area (Å²) in [7, 11) is 0. The molecule has 4 nitrogen and oxygen atoms in total. The average molecular weight is 358 g/mol. The number of allylic oxidation sites excluding steroid dienone is 7. The molecule has 0 saturated carbocycles. The summed E-state index contributed by atoms with van der Waals surface area (Å²) in [5, 5.41) is 0. The molecule has 0 aromatic heterocycles. The van der Waals surface area contributed by atoms with Crippen molar-refractivity contribution in [3.05, 3.63) is 72.9 Å². The first-order chi connectivity index (χ1) is 12.3. The van der Waals surface area contributed by atoms with Gasteiger partial charge in [0.1, 0.15) is 12.2 Å². The van der Waals surface area contributed by atoms with E-state index in [1.807, 2.05) is 19.9 Å². The Morgan fingerprint density at radius 1 is 1.08 bits per heavy atom. The number of hydrogen-bond donors (Lipinski definition) is 0. The van der Waals surface area contributed by atoms with Crippen LogP contribution in [0.25, 0.3) is 0 Å². The Labute approximate surface area is 157 Å². The van der Waals surface area contributed by atoms with Gasteiger partial charge in [0.25, 0.3) is 0 Å². The minimum absolute atomic E-state index is 0.0561. The molecule has 26 heavy (non-hydrogen) atoms. The average Bonchev–Trinajstić information content (AvgIpc) is 2.62. The van der Waals surface area contributed by atoms with E-state index in [1.54, 1.807) is 50.3 Å².